The Labute approximate surface area is 118 Å². The first-order chi connectivity index (χ1) is 9.15. The van der Waals surface area contributed by atoms with E-state index in [0.29, 0.717) is 11.3 Å². The van der Waals surface area contributed by atoms with Gasteiger partial charge in [-0.1, -0.05) is 6.92 Å². The molecule has 19 heavy (non-hydrogen) atoms. The van der Waals surface area contributed by atoms with Crippen LogP contribution in [0.5, 0.6) is 0 Å². The fraction of sp³-hybridized carbons (Fsp3) is 0.533. The van der Waals surface area contributed by atoms with Gasteiger partial charge in [0.15, 0.2) is 0 Å². The van der Waals surface area contributed by atoms with Gasteiger partial charge >= 0.3 is 0 Å². The molecule has 102 valence electrons. The van der Waals surface area contributed by atoms with Gasteiger partial charge in [-0.05, 0) is 42.4 Å². The van der Waals surface area contributed by atoms with Crippen LogP contribution in [0.25, 0.3) is 0 Å². The molecule has 2 aliphatic heterocycles. The second-order valence-corrected chi connectivity index (χ2v) is 6.86. The lowest BCUT2D eigenvalue weighted by molar-refractivity contribution is -0.116. The van der Waals surface area contributed by atoms with Crippen LogP contribution in [0.4, 0.5) is 11.4 Å². The second-order valence-electron chi connectivity index (χ2n) is 5.38. The molecule has 3 nitrogen and oxygen atoms in total. The van der Waals surface area contributed by atoms with Crippen molar-refractivity contribution in [3.05, 3.63) is 23.8 Å². The van der Waals surface area contributed by atoms with Crippen molar-refractivity contribution in [2.45, 2.75) is 38.0 Å². The Morgan fingerprint density at radius 2 is 2.32 bits per heavy atom. The summed E-state index contributed by atoms with van der Waals surface area (Å²) in [6, 6.07) is 6.98. The molecule has 1 fully saturated rings. The number of nitrogens with zero attached hydrogens (tertiary/aromatic N) is 1. The maximum atomic E-state index is 11.5. The number of carbonyl (C=O) groups excluding carboxylic acids is 1. The minimum Gasteiger partial charge on any atom is -0.381 e. The lowest BCUT2D eigenvalue weighted by Gasteiger charge is -2.19. The first-order valence-corrected chi connectivity index (χ1v) is 7.99. The fourth-order valence-electron chi connectivity index (χ4n) is 2.95. The maximum Gasteiger partial charge on any atom is 0.223 e. The zero-order chi connectivity index (χ0) is 13.4. The van der Waals surface area contributed by atoms with E-state index in [9.17, 15) is 4.79 Å². The Balaban J connectivity index is 1.77. The van der Waals surface area contributed by atoms with Crippen molar-refractivity contribution < 1.29 is 4.79 Å². The van der Waals surface area contributed by atoms with Crippen LogP contribution >= 0.6 is 11.8 Å². The normalized spacial score (nSPS) is 25.5. The van der Waals surface area contributed by atoms with Crippen molar-refractivity contribution in [1.82, 2.24) is 0 Å². The molecule has 0 aromatic heterocycles. The lowest BCUT2D eigenvalue weighted by Crippen LogP contribution is -2.26. The summed E-state index contributed by atoms with van der Waals surface area (Å²) in [5, 5.41) is 4.32. The molecule has 1 saturated heterocycles. The minimum atomic E-state index is 0.139. The van der Waals surface area contributed by atoms with Crippen LogP contribution in [-0.4, -0.2) is 29.5 Å². The molecule has 1 amide bonds. The molecule has 3 rings (SSSR count). The molecule has 1 N–H and O–H groups in total. The molecule has 2 atom stereocenters. The van der Waals surface area contributed by atoms with Crippen molar-refractivity contribution in [3.8, 4) is 0 Å². The van der Waals surface area contributed by atoms with Crippen LogP contribution in [0.15, 0.2) is 18.2 Å². The van der Waals surface area contributed by atoms with Gasteiger partial charge in [0.25, 0.3) is 0 Å². The van der Waals surface area contributed by atoms with Gasteiger partial charge < -0.3 is 10.2 Å². The molecular weight excluding hydrogens is 256 g/mol. The van der Waals surface area contributed by atoms with E-state index in [1.165, 1.54) is 23.4 Å². The molecule has 2 aliphatic rings. The number of thioether (sulfide) groups is 1. The Morgan fingerprint density at radius 3 is 3.00 bits per heavy atom. The average molecular weight is 276 g/mol. The quantitative estimate of drug-likeness (QED) is 0.901. The molecule has 1 aromatic rings. The molecule has 2 heterocycles. The number of nitrogens with one attached hydrogen (secondary N) is 1. The number of anilines is 2. The van der Waals surface area contributed by atoms with Crippen molar-refractivity contribution in [2.24, 2.45) is 0 Å². The third kappa shape index (κ3) is 2.46. The largest absolute Gasteiger partial charge is 0.381 e. The van der Waals surface area contributed by atoms with Gasteiger partial charge in [-0.2, -0.15) is 11.8 Å². The first-order valence-electron chi connectivity index (χ1n) is 6.94. The minimum absolute atomic E-state index is 0.139. The molecule has 0 saturated carbocycles. The number of benzene rings is 1. The monoisotopic (exact) mass is 276 g/mol. The van der Waals surface area contributed by atoms with E-state index in [0.717, 1.165) is 18.7 Å². The van der Waals surface area contributed by atoms with Crippen LogP contribution in [-0.2, 0) is 11.2 Å². The molecule has 0 aliphatic carbocycles. The van der Waals surface area contributed by atoms with Gasteiger partial charge in [-0.3, -0.25) is 4.79 Å². The fourth-order valence-corrected chi connectivity index (χ4v) is 4.15. The maximum absolute atomic E-state index is 11.5. The van der Waals surface area contributed by atoms with E-state index in [2.05, 4.69) is 30.4 Å². The van der Waals surface area contributed by atoms with Gasteiger partial charge in [0.2, 0.25) is 5.91 Å². The van der Waals surface area contributed by atoms with Gasteiger partial charge in [0.05, 0.1) is 0 Å². The van der Waals surface area contributed by atoms with E-state index in [1.54, 1.807) is 6.92 Å². The summed E-state index contributed by atoms with van der Waals surface area (Å²) >= 11 is 2.04. The third-order valence-electron chi connectivity index (χ3n) is 4.08. The topological polar surface area (TPSA) is 32.3 Å². The number of amides is 1. The van der Waals surface area contributed by atoms with Crippen molar-refractivity contribution in [1.29, 1.82) is 0 Å². The lowest BCUT2D eigenvalue weighted by atomic mass is 10.1. The van der Waals surface area contributed by atoms with Crippen LogP contribution < -0.4 is 10.2 Å². The summed E-state index contributed by atoms with van der Waals surface area (Å²) in [6.07, 6.45) is 2.21. The first kappa shape index (κ1) is 12.9. The van der Waals surface area contributed by atoms with Gasteiger partial charge in [0, 0.05) is 36.1 Å². The van der Waals surface area contributed by atoms with Crippen molar-refractivity contribution in [3.63, 3.8) is 0 Å². The molecule has 0 bridgehead atoms. The summed E-state index contributed by atoms with van der Waals surface area (Å²) in [6.45, 7) is 4.75. The predicted molar refractivity (Wildman–Crippen MR) is 82.1 cm³/mol. The van der Waals surface area contributed by atoms with E-state index in [4.69, 9.17) is 0 Å². The summed E-state index contributed by atoms with van der Waals surface area (Å²) in [5.41, 5.74) is 3.58. The molecule has 0 spiro atoms. The van der Waals surface area contributed by atoms with Crippen LogP contribution in [0, 0.1) is 0 Å². The zero-order valence-corrected chi connectivity index (χ0v) is 12.3. The molecule has 1 aromatic carbocycles. The number of rotatable bonds is 2. The van der Waals surface area contributed by atoms with Crippen LogP contribution in [0.2, 0.25) is 0 Å². The SMILES string of the molecule is CC(=O)N1CCc2cc(NC3CCSC3C)ccc21. The van der Waals surface area contributed by atoms with E-state index in [-0.39, 0.29) is 5.91 Å². The number of fused-ring (bicyclic) bond motifs is 1. The highest BCUT2D eigenvalue weighted by atomic mass is 32.2. The number of hydrogen-bond acceptors (Lipinski definition) is 3. The highest BCUT2D eigenvalue weighted by Crippen LogP contribution is 2.33. The zero-order valence-electron chi connectivity index (χ0n) is 11.5. The van der Waals surface area contributed by atoms with Crippen LogP contribution in [0.1, 0.15) is 25.8 Å². The smallest absolute Gasteiger partial charge is 0.223 e. The standard InChI is InChI=1S/C15H20N2OS/c1-10-14(6-8-19-10)16-13-3-4-15-12(9-13)5-7-17(15)11(2)18/h3-4,9-10,14,16H,5-8H2,1-2H3. The highest BCUT2D eigenvalue weighted by Gasteiger charge is 2.25. The Morgan fingerprint density at radius 1 is 1.47 bits per heavy atom. The number of carbonyl (C=O) groups is 1. The molecule has 0 radical (unpaired) electrons. The Kier molecular flexibility index (Phi) is 3.44. The van der Waals surface area contributed by atoms with Crippen molar-refractivity contribution in [2.75, 3.05) is 22.5 Å². The van der Waals surface area contributed by atoms with E-state index >= 15 is 0 Å². The van der Waals surface area contributed by atoms with E-state index < -0.39 is 0 Å². The summed E-state index contributed by atoms with van der Waals surface area (Å²) < 4.78 is 0. The summed E-state index contributed by atoms with van der Waals surface area (Å²) in [5.74, 6) is 1.39. The Hall–Kier alpha value is -1.16. The van der Waals surface area contributed by atoms with Gasteiger partial charge in [-0.15, -0.1) is 0 Å². The van der Waals surface area contributed by atoms with E-state index in [1.807, 2.05) is 16.7 Å². The molecular formula is C15H20N2OS. The summed E-state index contributed by atoms with van der Waals surface area (Å²) in [4.78, 5) is 13.4. The average Bonchev–Trinajstić information content (AvgIpc) is 2.96. The summed E-state index contributed by atoms with van der Waals surface area (Å²) in [7, 11) is 0. The van der Waals surface area contributed by atoms with Gasteiger partial charge in [0.1, 0.15) is 0 Å². The molecule has 2 unspecified atom stereocenters. The molecule has 4 heteroatoms. The number of hydrogen-bond donors (Lipinski definition) is 1. The Bertz CT molecular complexity index is 503. The van der Waals surface area contributed by atoms with Gasteiger partial charge in [-0.25, -0.2) is 0 Å². The predicted octanol–water partition coefficient (Wildman–Crippen LogP) is 2.90. The van der Waals surface area contributed by atoms with Crippen molar-refractivity contribution >= 4 is 29.0 Å². The third-order valence-corrected chi connectivity index (χ3v) is 5.41. The van der Waals surface area contributed by atoms with Crippen LogP contribution in [0.3, 0.4) is 0 Å². The highest BCUT2D eigenvalue weighted by molar-refractivity contribution is 8.00. The second kappa shape index (κ2) is 5.08.